The first-order chi connectivity index (χ1) is 9.00. The van der Waals surface area contributed by atoms with Crippen LogP contribution in [0.5, 0.6) is 0 Å². The standard InChI is InChI=1S/C16H24O3/c1-4-5-8-13(17)15(2,3)14-9-12-18-16(19-14)10-6-7-11-16/h1,14H,5-12H2,2-3H3. The van der Waals surface area contributed by atoms with E-state index < -0.39 is 11.2 Å². The van der Waals surface area contributed by atoms with Gasteiger partial charge in [-0.2, -0.15) is 0 Å². The summed E-state index contributed by atoms with van der Waals surface area (Å²) >= 11 is 0. The van der Waals surface area contributed by atoms with E-state index in [4.69, 9.17) is 15.9 Å². The largest absolute Gasteiger partial charge is 0.350 e. The number of ketones is 1. The van der Waals surface area contributed by atoms with Crippen molar-refractivity contribution in [2.45, 2.75) is 70.7 Å². The van der Waals surface area contributed by atoms with E-state index >= 15 is 0 Å². The predicted molar refractivity (Wildman–Crippen MR) is 73.5 cm³/mol. The average molecular weight is 264 g/mol. The summed E-state index contributed by atoms with van der Waals surface area (Å²) in [6.07, 6.45) is 11.1. The van der Waals surface area contributed by atoms with Gasteiger partial charge in [-0.15, -0.1) is 12.3 Å². The van der Waals surface area contributed by atoms with Crippen molar-refractivity contribution in [3.63, 3.8) is 0 Å². The van der Waals surface area contributed by atoms with Crippen molar-refractivity contribution in [3.8, 4) is 12.3 Å². The molecule has 1 atom stereocenters. The molecule has 0 aromatic heterocycles. The molecular formula is C16H24O3. The number of rotatable bonds is 4. The Bertz CT molecular complexity index is 372. The van der Waals surface area contributed by atoms with Gasteiger partial charge in [0.1, 0.15) is 5.78 Å². The number of terminal acetylenes is 1. The van der Waals surface area contributed by atoms with Gasteiger partial charge in [0.25, 0.3) is 0 Å². The summed E-state index contributed by atoms with van der Waals surface area (Å²) < 4.78 is 12.1. The molecule has 1 spiro atoms. The molecule has 1 saturated carbocycles. The van der Waals surface area contributed by atoms with E-state index in [9.17, 15) is 4.79 Å². The Hall–Kier alpha value is -0.850. The van der Waals surface area contributed by atoms with Crippen LogP contribution in [0.2, 0.25) is 0 Å². The van der Waals surface area contributed by atoms with E-state index in [0.29, 0.717) is 19.4 Å². The van der Waals surface area contributed by atoms with Gasteiger partial charge in [-0.1, -0.05) is 13.8 Å². The lowest BCUT2D eigenvalue weighted by Crippen LogP contribution is -2.50. The quantitative estimate of drug-likeness (QED) is 0.732. The van der Waals surface area contributed by atoms with Crippen LogP contribution in [0.15, 0.2) is 0 Å². The maximum absolute atomic E-state index is 12.3. The van der Waals surface area contributed by atoms with Crippen LogP contribution in [0.1, 0.15) is 58.8 Å². The molecule has 0 aromatic rings. The molecule has 1 aliphatic heterocycles. The van der Waals surface area contributed by atoms with Crippen molar-refractivity contribution in [3.05, 3.63) is 0 Å². The lowest BCUT2D eigenvalue weighted by atomic mass is 9.78. The molecule has 3 heteroatoms. The second-order valence-corrected chi connectivity index (χ2v) is 6.21. The van der Waals surface area contributed by atoms with Crippen molar-refractivity contribution in [2.24, 2.45) is 5.41 Å². The van der Waals surface area contributed by atoms with Gasteiger partial charge in [0.05, 0.1) is 12.7 Å². The van der Waals surface area contributed by atoms with Crippen LogP contribution in [0, 0.1) is 17.8 Å². The van der Waals surface area contributed by atoms with Crippen LogP contribution >= 0.6 is 0 Å². The van der Waals surface area contributed by atoms with Gasteiger partial charge in [0.2, 0.25) is 0 Å². The van der Waals surface area contributed by atoms with Gasteiger partial charge < -0.3 is 9.47 Å². The summed E-state index contributed by atoms with van der Waals surface area (Å²) in [6.45, 7) is 4.64. The Balaban J connectivity index is 2.03. The highest BCUT2D eigenvalue weighted by Crippen LogP contribution is 2.42. The summed E-state index contributed by atoms with van der Waals surface area (Å²) in [6, 6.07) is 0. The molecule has 0 aromatic carbocycles. The lowest BCUT2D eigenvalue weighted by Gasteiger charge is -2.44. The Labute approximate surface area is 116 Å². The zero-order chi connectivity index (χ0) is 13.9. The topological polar surface area (TPSA) is 35.5 Å². The van der Waals surface area contributed by atoms with Crippen LogP contribution in [0.4, 0.5) is 0 Å². The fourth-order valence-corrected chi connectivity index (χ4v) is 3.08. The highest BCUT2D eigenvalue weighted by molar-refractivity contribution is 5.84. The molecule has 0 bridgehead atoms. The van der Waals surface area contributed by atoms with E-state index in [2.05, 4.69) is 5.92 Å². The molecule has 2 rings (SSSR count). The van der Waals surface area contributed by atoms with Crippen LogP contribution in [-0.4, -0.2) is 24.3 Å². The third-order valence-electron chi connectivity index (χ3n) is 4.49. The van der Waals surface area contributed by atoms with Crippen molar-refractivity contribution in [2.75, 3.05) is 6.61 Å². The molecule has 1 heterocycles. The van der Waals surface area contributed by atoms with Gasteiger partial charge in [-0.25, -0.2) is 0 Å². The van der Waals surface area contributed by atoms with E-state index in [1.54, 1.807) is 0 Å². The Morgan fingerprint density at radius 1 is 1.42 bits per heavy atom. The predicted octanol–water partition coefficient (Wildman–Crippen LogP) is 3.07. The zero-order valence-electron chi connectivity index (χ0n) is 12.0. The van der Waals surface area contributed by atoms with E-state index in [1.807, 2.05) is 13.8 Å². The first-order valence-electron chi connectivity index (χ1n) is 7.29. The van der Waals surface area contributed by atoms with Crippen LogP contribution in [0.3, 0.4) is 0 Å². The molecular weight excluding hydrogens is 240 g/mol. The minimum atomic E-state index is -0.476. The number of carbonyl (C=O) groups excluding carboxylic acids is 1. The molecule has 1 saturated heterocycles. The molecule has 2 aliphatic rings. The van der Waals surface area contributed by atoms with Crippen LogP contribution < -0.4 is 0 Å². The number of Topliss-reactive ketones (excluding diaryl/α,β-unsaturated/α-hetero) is 1. The SMILES string of the molecule is C#CCCC(=O)C(C)(C)C1CCOC2(CCCC2)O1. The third kappa shape index (κ3) is 3.01. The average Bonchev–Trinajstić information content (AvgIpc) is 2.83. The van der Waals surface area contributed by atoms with E-state index in [0.717, 1.165) is 32.1 Å². The zero-order valence-corrected chi connectivity index (χ0v) is 12.0. The van der Waals surface area contributed by atoms with Gasteiger partial charge in [-0.3, -0.25) is 4.79 Å². The van der Waals surface area contributed by atoms with Gasteiger partial charge in [0.15, 0.2) is 5.79 Å². The highest BCUT2D eigenvalue weighted by Gasteiger charge is 2.47. The molecule has 106 valence electrons. The maximum atomic E-state index is 12.3. The monoisotopic (exact) mass is 264 g/mol. The summed E-state index contributed by atoms with van der Waals surface area (Å²) in [7, 11) is 0. The fourth-order valence-electron chi connectivity index (χ4n) is 3.08. The molecule has 0 radical (unpaired) electrons. The number of ether oxygens (including phenoxy) is 2. The molecule has 3 nitrogen and oxygen atoms in total. The van der Waals surface area contributed by atoms with E-state index in [-0.39, 0.29) is 11.9 Å². The Morgan fingerprint density at radius 3 is 2.74 bits per heavy atom. The van der Waals surface area contributed by atoms with Crippen molar-refractivity contribution >= 4 is 5.78 Å². The first-order valence-corrected chi connectivity index (χ1v) is 7.29. The molecule has 19 heavy (non-hydrogen) atoms. The van der Waals surface area contributed by atoms with Crippen LogP contribution in [0.25, 0.3) is 0 Å². The number of carbonyl (C=O) groups is 1. The first kappa shape index (κ1) is 14.6. The summed E-state index contributed by atoms with van der Waals surface area (Å²) in [5.41, 5.74) is -0.476. The van der Waals surface area contributed by atoms with Crippen molar-refractivity contribution < 1.29 is 14.3 Å². The van der Waals surface area contributed by atoms with Crippen LogP contribution in [-0.2, 0) is 14.3 Å². The second-order valence-electron chi connectivity index (χ2n) is 6.21. The fraction of sp³-hybridized carbons (Fsp3) is 0.812. The van der Waals surface area contributed by atoms with Gasteiger partial charge in [0, 0.05) is 31.1 Å². The molecule has 0 N–H and O–H groups in total. The summed E-state index contributed by atoms with van der Waals surface area (Å²) in [4.78, 5) is 12.3. The summed E-state index contributed by atoms with van der Waals surface area (Å²) in [5, 5.41) is 0. The summed E-state index contributed by atoms with van der Waals surface area (Å²) in [5.74, 6) is 2.33. The third-order valence-corrected chi connectivity index (χ3v) is 4.49. The number of hydrogen-bond acceptors (Lipinski definition) is 3. The van der Waals surface area contributed by atoms with E-state index in [1.165, 1.54) is 0 Å². The molecule has 1 unspecified atom stereocenters. The molecule has 2 fully saturated rings. The Morgan fingerprint density at radius 2 is 2.11 bits per heavy atom. The molecule has 0 amide bonds. The van der Waals surface area contributed by atoms with Crippen molar-refractivity contribution in [1.82, 2.24) is 0 Å². The van der Waals surface area contributed by atoms with Crippen molar-refractivity contribution in [1.29, 1.82) is 0 Å². The highest BCUT2D eigenvalue weighted by atomic mass is 16.7. The molecule has 1 aliphatic carbocycles. The number of hydrogen-bond donors (Lipinski definition) is 0. The smallest absolute Gasteiger partial charge is 0.168 e. The van der Waals surface area contributed by atoms with Gasteiger partial charge in [-0.05, 0) is 19.3 Å². The van der Waals surface area contributed by atoms with Gasteiger partial charge >= 0.3 is 0 Å². The minimum absolute atomic E-state index is 0.0513. The minimum Gasteiger partial charge on any atom is -0.350 e. The second kappa shape index (κ2) is 5.64. The maximum Gasteiger partial charge on any atom is 0.168 e. The normalized spacial score (nSPS) is 26.3. The Kier molecular flexibility index (Phi) is 4.32. The lowest BCUT2D eigenvalue weighted by molar-refractivity contribution is -0.303.